The molecule has 1 aliphatic heterocycles. The molecule has 23 heavy (non-hydrogen) atoms. The van der Waals surface area contributed by atoms with Gasteiger partial charge < -0.3 is 9.64 Å². The smallest absolute Gasteiger partial charge is 0.254 e. The molecule has 0 N–H and O–H groups in total. The monoisotopic (exact) mass is 341 g/mol. The summed E-state index contributed by atoms with van der Waals surface area (Å²) in [7, 11) is 0. The van der Waals surface area contributed by atoms with Gasteiger partial charge in [0.25, 0.3) is 5.91 Å². The molecule has 2 rings (SSSR count). The third-order valence-electron chi connectivity index (χ3n) is 4.21. The highest BCUT2D eigenvalue weighted by atomic mass is 35.5. The molecule has 1 aliphatic rings. The molecule has 0 aromatic heterocycles. The predicted molar refractivity (Wildman–Crippen MR) is 90.3 cm³/mol. The van der Waals surface area contributed by atoms with Crippen molar-refractivity contribution in [1.82, 2.24) is 4.90 Å². The second-order valence-corrected chi connectivity index (χ2v) is 6.99. The summed E-state index contributed by atoms with van der Waals surface area (Å²) in [6.45, 7) is 7.41. The van der Waals surface area contributed by atoms with Crippen LogP contribution in [0.15, 0.2) is 18.2 Å². The summed E-state index contributed by atoms with van der Waals surface area (Å²) in [6.07, 6.45) is 3.17. The van der Waals surface area contributed by atoms with Crippen LogP contribution in [0.4, 0.5) is 4.39 Å². The van der Waals surface area contributed by atoms with Gasteiger partial charge in [0.2, 0.25) is 0 Å². The quantitative estimate of drug-likeness (QED) is 0.787. The summed E-state index contributed by atoms with van der Waals surface area (Å²) < 4.78 is 19.6. The molecule has 5 heteroatoms. The van der Waals surface area contributed by atoms with E-state index >= 15 is 0 Å². The molecule has 0 aliphatic carbocycles. The molecule has 0 saturated carbocycles. The minimum absolute atomic E-state index is 0.0126. The molecule has 1 aromatic rings. The Morgan fingerprint density at radius 1 is 1.39 bits per heavy atom. The molecule has 1 saturated heterocycles. The molecule has 1 aromatic carbocycles. The lowest BCUT2D eigenvalue weighted by Gasteiger charge is -2.40. The van der Waals surface area contributed by atoms with Crippen LogP contribution >= 0.6 is 11.6 Å². The van der Waals surface area contributed by atoms with Gasteiger partial charge >= 0.3 is 0 Å². The maximum absolute atomic E-state index is 13.5. The Labute approximate surface area is 142 Å². The standard InChI is InChI=1S/C18H25ClFNO2/c1-4-5-6-16-10-21(11-17(23-16)12(2)3)18(22)13-7-14(19)9-15(20)8-13/h7-9,12,16-17H,4-6,10-11H2,1-3H3/t16-,17-/m1/s1. The van der Waals surface area contributed by atoms with Crippen LogP contribution < -0.4 is 0 Å². The normalized spacial score (nSPS) is 21.7. The average Bonchev–Trinajstić information content (AvgIpc) is 2.50. The van der Waals surface area contributed by atoms with Gasteiger partial charge in [0, 0.05) is 23.7 Å². The number of hydrogen-bond donors (Lipinski definition) is 0. The zero-order valence-electron chi connectivity index (χ0n) is 14.0. The zero-order chi connectivity index (χ0) is 17.0. The predicted octanol–water partition coefficient (Wildman–Crippen LogP) is 4.53. The maximum atomic E-state index is 13.5. The highest BCUT2D eigenvalue weighted by molar-refractivity contribution is 6.31. The first-order valence-corrected chi connectivity index (χ1v) is 8.69. The van der Waals surface area contributed by atoms with E-state index < -0.39 is 5.82 Å². The van der Waals surface area contributed by atoms with Gasteiger partial charge in [-0.15, -0.1) is 0 Å². The number of ether oxygens (including phenoxy) is 1. The Balaban J connectivity index is 2.16. The molecule has 1 fully saturated rings. The Hall–Kier alpha value is -1.13. The van der Waals surface area contributed by atoms with Crippen molar-refractivity contribution in [2.24, 2.45) is 5.92 Å². The fourth-order valence-electron chi connectivity index (χ4n) is 2.86. The summed E-state index contributed by atoms with van der Waals surface area (Å²) in [4.78, 5) is 14.5. The van der Waals surface area contributed by atoms with E-state index in [4.69, 9.17) is 16.3 Å². The summed E-state index contributed by atoms with van der Waals surface area (Å²) >= 11 is 5.87. The molecule has 0 bridgehead atoms. The summed E-state index contributed by atoms with van der Waals surface area (Å²) in [5.74, 6) is -0.343. The second kappa shape index (κ2) is 8.11. The van der Waals surface area contributed by atoms with E-state index in [2.05, 4.69) is 20.8 Å². The molecule has 128 valence electrons. The molecule has 2 atom stereocenters. The van der Waals surface area contributed by atoms with Gasteiger partial charge in [-0.2, -0.15) is 0 Å². The van der Waals surface area contributed by atoms with Gasteiger partial charge in [-0.3, -0.25) is 4.79 Å². The second-order valence-electron chi connectivity index (χ2n) is 6.55. The van der Waals surface area contributed by atoms with Crippen molar-refractivity contribution >= 4 is 17.5 Å². The first kappa shape index (κ1) is 18.2. The number of nitrogens with zero attached hydrogens (tertiary/aromatic N) is 1. The third-order valence-corrected chi connectivity index (χ3v) is 4.43. The fourth-order valence-corrected chi connectivity index (χ4v) is 3.08. The van der Waals surface area contributed by atoms with Crippen LogP contribution in [0.2, 0.25) is 5.02 Å². The summed E-state index contributed by atoms with van der Waals surface area (Å²) in [5.41, 5.74) is 0.300. The van der Waals surface area contributed by atoms with Gasteiger partial charge in [-0.1, -0.05) is 45.2 Å². The topological polar surface area (TPSA) is 29.5 Å². The number of rotatable bonds is 5. The molecule has 0 unspecified atom stereocenters. The molecule has 0 spiro atoms. The number of unbranched alkanes of at least 4 members (excludes halogenated alkanes) is 1. The van der Waals surface area contributed by atoms with Crippen molar-refractivity contribution in [3.05, 3.63) is 34.6 Å². The van der Waals surface area contributed by atoms with E-state index in [-0.39, 0.29) is 23.1 Å². The Kier molecular flexibility index (Phi) is 6.42. The van der Waals surface area contributed by atoms with Gasteiger partial charge in [0.05, 0.1) is 12.2 Å². The van der Waals surface area contributed by atoms with E-state index in [0.29, 0.717) is 24.6 Å². The lowest BCUT2D eigenvalue weighted by Crippen LogP contribution is -2.51. The van der Waals surface area contributed by atoms with Crippen LogP contribution in [-0.2, 0) is 4.74 Å². The van der Waals surface area contributed by atoms with Gasteiger partial charge in [0.15, 0.2) is 0 Å². The number of carbonyl (C=O) groups excluding carboxylic acids is 1. The number of hydrogen-bond acceptors (Lipinski definition) is 2. The Morgan fingerprint density at radius 3 is 2.74 bits per heavy atom. The van der Waals surface area contributed by atoms with E-state index in [9.17, 15) is 9.18 Å². The number of benzene rings is 1. The van der Waals surface area contributed by atoms with Gasteiger partial charge in [-0.05, 0) is 30.5 Å². The highest BCUT2D eigenvalue weighted by Gasteiger charge is 2.32. The fraction of sp³-hybridized carbons (Fsp3) is 0.611. The first-order chi connectivity index (χ1) is 10.9. The van der Waals surface area contributed by atoms with Crippen molar-refractivity contribution in [2.45, 2.75) is 52.2 Å². The third kappa shape index (κ3) is 4.92. The number of halogens is 2. The van der Waals surface area contributed by atoms with Crippen LogP contribution in [0.1, 0.15) is 50.4 Å². The Morgan fingerprint density at radius 2 is 2.13 bits per heavy atom. The van der Waals surface area contributed by atoms with Crippen molar-refractivity contribution < 1.29 is 13.9 Å². The molecule has 3 nitrogen and oxygen atoms in total. The van der Waals surface area contributed by atoms with E-state index in [1.54, 1.807) is 4.90 Å². The summed E-state index contributed by atoms with van der Waals surface area (Å²) in [5, 5.41) is 0.240. The zero-order valence-corrected chi connectivity index (χ0v) is 14.8. The van der Waals surface area contributed by atoms with Crippen molar-refractivity contribution in [2.75, 3.05) is 13.1 Å². The van der Waals surface area contributed by atoms with Crippen LogP contribution in [0.25, 0.3) is 0 Å². The van der Waals surface area contributed by atoms with Crippen LogP contribution in [-0.4, -0.2) is 36.1 Å². The molecular weight excluding hydrogens is 317 g/mol. The van der Waals surface area contributed by atoms with Crippen molar-refractivity contribution in [3.8, 4) is 0 Å². The largest absolute Gasteiger partial charge is 0.371 e. The first-order valence-electron chi connectivity index (χ1n) is 8.31. The van der Waals surface area contributed by atoms with Gasteiger partial charge in [0.1, 0.15) is 5.82 Å². The lowest BCUT2D eigenvalue weighted by atomic mass is 10.0. The van der Waals surface area contributed by atoms with Crippen molar-refractivity contribution in [1.29, 1.82) is 0 Å². The molecule has 1 heterocycles. The van der Waals surface area contributed by atoms with Gasteiger partial charge in [-0.25, -0.2) is 4.39 Å². The summed E-state index contributed by atoms with van der Waals surface area (Å²) in [6, 6.07) is 3.97. The van der Waals surface area contributed by atoms with Crippen LogP contribution in [0.3, 0.4) is 0 Å². The Bertz CT molecular complexity index is 530. The average molecular weight is 342 g/mol. The van der Waals surface area contributed by atoms with E-state index in [0.717, 1.165) is 19.3 Å². The lowest BCUT2D eigenvalue weighted by molar-refractivity contribution is -0.0962. The number of carbonyl (C=O) groups is 1. The SMILES string of the molecule is CCCC[C@@H]1CN(C(=O)c2cc(F)cc(Cl)c2)C[C@H](C(C)C)O1. The molecular formula is C18H25ClFNO2. The number of morpholine rings is 1. The minimum atomic E-state index is -0.489. The van der Waals surface area contributed by atoms with E-state index in [1.807, 2.05) is 0 Å². The number of amides is 1. The molecule has 0 radical (unpaired) electrons. The maximum Gasteiger partial charge on any atom is 0.254 e. The highest BCUT2D eigenvalue weighted by Crippen LogP contribution is 2.23. The molecule has 1 amide bonds. The minimum Gasteiger partial charge on any atom is -0.371 e. The van der Waals surface area contributed by atoms with Crippen LogP contribution in [0.5, 0.6) is 0 Å². The van der Waals surface area contributed by atoms with Crippen molar-refractivity contribution in [3.63, 3.8) is 0 Å². The van der Waals surface area contributed by atoms with E-state index in [1.165, 1.54) is 18.2 Å². The van der Waals surface area contributed by atoms with Crippen LogP contribution in [0, 0.1) is 11.7 Å².